The predicted octanol–water partition coefficient (Wildman–Crippen LogP) is 3.88. The van der Waals surface area contributed by atoms with Crippen molar-refractivity contribution < 1.29 is 55.9 Å². The fourth-order valence-electron chi connectivity index (χ4n) is 4.31. The maximum Gasteiger partial charge on any atom is 0.490 e. The van der Waals surface area contributed by atoms with Crippen LogP contribution < -0.4 is 14.5 Å². The van der Waals surface area contributed by atoms with E-state index >= 15 is 8.78 Å². The second kappa shape index (κ2) is 11.2. The van der Waals surface area contributed by atoms with Gasteiger partial charge < -0.3 is 23.8 Å². The standard InChI is InChI=1S/C25H20F3N4O9P/c26-17-11-18(21(27)22(28)23(17)30-8-5-14(33)6-9-30)31-12-15(40-25(31)36)13-32(20-7-10-39-29-20)42(37,38)41-24(35)16-3-1-2-4-19(16)34/h1-5,7-8,10-11,15,34H,6,9,12-13H2,(H,37,38). The van der Waals surface area contributed by atoms with E-state index in [2.05, 4.69) is 5.16 Å². The Morgan fingerprint density at radius 2 is 1.95 bits per heavy atom. The zero-order valence-electron chi connectivity index (χ0n) is 21.2. The fraction of sp³-hybridized carbons (Fsp3) is 0.200. The summed E-state index contributed by atoms with van der Waals surface area (Å²) in [5.41, 5.74) is -1.97. The minimum atomic E-state index is -5.14. The molecule has 17 heteroatoms. The van der Waals surface area contributed by atoms with Gasteiger partial charge in [0.2, 0.25) is 0 Å². The molecule has 2 N–H and O–H groups in total. The summed E-state index contributed by atoms with van der Waals surface area (Å²) in [5, 5.41) is 13.4. The minimum absolute atomic E-state index is 0.0442. The monoisotopic (exact) mass is 608 g/mol. The first kappa shape index (κ1) is 28.7. The quantitative estimate of drug-likeness (QED) is 0.281. The number of phenolic OH excluding ortho intramolecular Hbond substituents is 1. The Kier molecular flexibility index (Phi) is 7.67. The predicted molar refractivity (Wildman–Crippen MR) is 137 cm³/mol. The van der Waals surface area contributed by atoms with Gasteiger partial charge in [0.15, 0.2) is 29.1 Å². The van der Waals surface area contributed by atoms with Crippen LogP contribution in [0.4, 0.5) is 35.2 Å². The number of amides is 1. The van der Waals surface area contributed by atoms with Crippen molar-refractivity contribution >= 4 is 42.8 Å². The number of hydrogen-bond acceptors (Lipinski definition) is 10. The lowest BCUT2D eigenvalue weighted by molar-refractivity contribution is -0.114. The highest BCUT2D eigenvalue weighted by atomic mass is 31.2. The summed E-state index contributed by atoms with van der Waals surface area (Å²) in [6.45, 7) is -1.31. The zero-order valence-corrected chi connectivity index (χ0v) is 22.1. The molecule has 2 aliphatic heterocycles. The Hall–Kier alpha value is -4.82. The average molecular weight is 608 g/mol. The van der Waals surface area contributed by atoms with Crippen LogP contribution in [0.15, 0.2) is 59.5 Å². The minimum Gasteiger partial charge on any atom is -0.507 e. The molecule has 2 atom stereocenters. The van der Waals surface area contributed by atoms with Crippen LogP contribution in [0.25, 0.3) is 0 Å². The molecule has 3 aromatic rings. The number of allylic oxidation sites excluding steroid dienone is 1. The lowest BCUT2D eigenvalue weighted by Crippen LogP contribution is -2.34. The summed E-state index contributed by atoms with van der Waals surface area (Å²) in [6, 6.07) is 6.81. The molecule has 0 bridgehead atoms. The number of ether oxygens (including phenoxy) is 1. The van der Waals surface area contributed by atoms with E-state index in [1.165, 1.54) is 12.1 Å². The van der Waals surface area contributed by atoms with E-state index in [0.717, 1.165) is 41.6 Å². The third-order valence-corrected chi connectivity index (χ3v) is 7.68. The Morgan fingerprint density at radius 3 is 2.62 bits per heavy atom. The van der Waals surface area contributed by atoms with E-state index in [-0.39, 0.29) is 24.6 Å². The molecule has 220 valence electrons. The summed E-state index contributed by atoms with van der Waals surface area (Å²) in [7, 11) is -5.14. The van der Waals surface area contributed by atoms with Crippen molar-refractivity contribution in [3.05, 3.63) is 78.0 Å². The lowest BCUT2D eigenvalue weighted by Gasteiger charge is -2.27. The maximum atomic E-state index is 15.1. The van der Waals surface area contributed by atoms with E-state index in [0.29, 0.717) is 15.6 Å². The van der Waals surface area contributed by atoms with Gasteiger partial charge in [-0.1, -0.05) is 17.3 Å². The number of aromatic nitrogens is 1. The van der Waals surface area contributed by atoms with Crippen LogP contribution in [0, 0.1) is 17.5 Å². The molecule has 5 rings (SSSR count). The first-order valence-corrected chi connectivity index (χ1v) is 13.7. The molecule has 3 heterocycles. The molecule has 0 aliphatic carbocycles. The Balaban J connectivity index is 1.38. The second-order valence-electron chi connectivity index (χ2n) is 9.02. The molecule has 0 spiro atoms. The van der Waals surface area contributed by atoms with Crippen LogP contribution in [0.2, 0.25) is 0 Å². The molecule has 1 aromatic heterocycles. The van der Waals surface area contributed by atoms with Crippen molar-refractivity contribution in [2.24, 2.45) is 0 Å². The Labute approximate surface area is 234 Å². The number of hydrogen-bond donors (Lipinski definition) is 2. The number of para-hydroxylation sites is 1. The van der Waals surface area contributed by atoms with Gasteiger partial charge in [-0.05, 0) is 18.2 Å². The highest BCUT2D eigenvalue weighted by Gasteiger charge is 2.43. The molecular weight excluding hydrogens is 588 g/mol. The number of rotatable bonds is 8. The third kappa shape index (κ3) is 5.53. The van der Waals surface area contributed by atoms with Crippen LogP contribution in [-0.4, -0.2) is 58.7 Å². The number of aromatic hydroxyl groups is 1. The summed E-state index contributed by atoms with van der Waals surface area (Å²) in [5.74, 6) is -6.88. The van der Waals surface area contributed by atoms with Gasteiger partial charge in [-0.3, -0.25) is 14.6 Å². The Bertz CT molecular complexity index is 1640. The van der Waals surface area contributed by atoms with Crippen LogP contribution in [0.1, 0.15) is 16.8 Å². The van der Waals surface area contributed by atoms with E-state index < -0.39 is 79.1 Å². The lowest BCUT2D eigenvalue weighted by atomic mass is 10.1. The smallest absolute Gasteiger partial charge is 0.490 e. The van der Waals surface area contributed by atoms with Crippen LogP contribution in [0.5, 0.6) is 5.75 Å². The number of phenols is 1. The van der Waals surface area contributed by atoms with Gasteiger partial charge in [0.05, 0.1) is 18.8 Å². The Morgan fingerprint density at radius 1 is 1.19 bits per heavy atom. The van der Waals surface area contributed by atoms with Crippen molar-refractivity contribution in [3.63, 3.8) is 0 Å². The molecule has 1 amide bonds. The maximum absolute atomic E-state index is 15.1. The number of ketones is 1. The van der Waals surface area contributed by atoms with E-state index in [1.54, 1.807) is 0 Å². The van der Waals surface area contributed by atoms with Crippen LogP contribution >= 0.6 is 7.75 Å². The van der Waals surface area contributed by atoms with Gasteiger partial charge in [-0.15, -0.1) is 0 Å². The van der Waals surface area contributed by atoms with Gasteiger partial charge in [-0.25, -0.2) is 32.0 Å². The number of cyclic esters (lactones) is 1. The SMILES string of the molecule is O=C1C=CN(c2c(F)cc(N3CC(CN(c4ccon4)P(=O)(O)OC(=O)c4ccccc4O)OC3=O)c(F)c2F)CC1. The van der Waals surface area contributed by atoms with Crippen molar-refractivity contribution in [3.8, 4) is 5.75 Å². The molecule has 1 saturated heterocycles. The molecule has 2 unspecified atom stereocenters. The number of anilines is 3. The average Bonchev–Trinajstić information content (AvgIpc) is 3.60. The molecule has 13 nitrogen and oxygen atoms in total. The first-order valence-electron chi connectivity index (χ1n) is 12.1. The molecule has 2 aliphatic rings. The highest BCUT2D eigenvalue weighted by molar-refractivity contribution is 7.55. The van der Waals surface area contributed by atoms with E-state index in [4.69, 9.17) is 13.8 Å². The third-order valence-electron chi connectivity index (χ3n) is 6.30. The second-order valence-corrected chi connectivity index (χ2v) is 10.7. The first-order chi connectivity index (χ1) is 20.0. The molecule has 0 radical (unpaired) electrons. The van der Waals surface area contributed by atoms with Gasteiger partial charge >= 0.3 is 19.8 Å². The van der Waals surface area contributed by atoms with Crippen LogP contribution in [0.3, 0.4) is 0 Å². The summed E-state index contributed by atoms with van der Waals surface area (Å²) in [6.07, 6.45) is 0.641. The van der Waals surface area contributed by atoms with E-state index in [1.807, 2.05) is 0 Å². The molecule has 2 aromatic carbocycles. The van der Waals surface area contributed by atoms with Crippen molar-refractivity contribution in [1.82, 2.24) is 5.16 Å². The number of halogens is 3. The fourth-order valence-corrected chi connectivity index (χ4v) is 5.47. The number of nitrogens with zero attached hydrogens (tertiary/aromatic N) is 4. The van der Waals surface area contributed by atoms with Gasteiger partial charge in [-0.2, -0.15) is 0 Å². The summed E-state index contributed by atoms with van der Waals surface area (Å²) >= 11 is 0. The van der Waals surface area contributed by atoms with E-state index in [9.17, 15) is 33.3 Å². The normalized spacial score (nSPS) is 18.1. The zero-order chi connectivity index (χ0) is 30.2. The largest absolute Gasteiger partial charge is 0.507 e. The highest BCUT2D eigenvalue weighted by Crippen LogP contribution is 2.50. The van der Waals surface area contributed by atoms with Crippen molar-refractivity contribution in [1.29, 1.82) is 0 Å². The molecular formula is C25H20F3N4O9P. The molecule has 42 heavy (non-hydrogen) atoms. The van der Waals surface area contributed by atoms with Crippen molar-refractivity contribution in [2.45, 2.75) is 12.5 Å². The summed E-state index contributed by atoms with van der Waals surface area (Å²) < 4.78 is 73.5. The van der Waals surface area contributed by atoms with Crippen LogP contribution in [-0.2, 0) is 18.6 Å². The number of carbonyl (C=O) groups is 3. The number of benzene rings is 2. The molecule has 1 fully saturated rings. The van der Waals surface area contributed by atoms with Gasteiger partial charge in [0.1, 0.15) is 29.4 Å². The molecule has 0 saturated carbocycles. The van der Waals surface area contributed by atoms with Gasteiger partial charge in [0, 0.05) is 31.3 Å². The number of carbonyl (C=O) groups excluding carboxylic acids is 3. The van der Waals surface area contributed by atoms with Gasteiger partial charge in [0.25, 0.3) is 0 Å². The van der Waals surface area contributed by atoms with Crippen molar-refractivity contribution in [2.75, 3.05) is 34.1 Å². The summed E-state index contributed by atoms with van der Waals surface area (Å²) in [4.78, 5) is 48.9. The topological polar surface area (TPSA) is 163 Å².